The summed E-state index contributed by atoms with van der Waals surface area (Å²) in [4.78, 5) is 3.71. The minimum Gasteiger partial charge on any atom is -0.393 e. The number of hydrogen-bond acceptors (Lipinski definition) is 4. The quantitative estimate of drug-likeness (QED) is 0.782. The van der Waals surface area contributed by atoms with Gasteiger partial charge >= 0.3 is 0 Å². The molecule has 0 bridgehead atoms. The number of benzene rings is 1. The molecule has 0 saturated carbocycles. The van der Waals surface area contributed by atoms with Gasteiger partial charge in [-0.2, -0.15) is 0 Å². The average Bonchev–Trinajstić information content (AvgIpc) is 2.45. The van der Waals surface area contributed by atoms with Gasteiger partial charge in [-0.15, -0.1) is 11.8 Å². The van der Waals surface area contributed by atoms with Crippen molar-refractivity contribution in [2.45, 2.75) is 36.3 Å². The third-order valence-corrected chi connectivity index (χ3v) is 4.78. The number of aliphatic hydroxyl groups is 1. The van der Waals surface area contributed by atoms with Gasteiger partial charge in [0.1, 0.15) is 0 Å². The highest BCUT2D eigenvalue weighted by molar-refractivity contribution is 7.99. The molecule has 4 heteroatoms. The highest BCUT2D eigenvalue weighted by atomic mass is 32.2. The van der Waals surface area contributed by atoms with Gasteiger partial charge < -0.3 is 15.7 Å². The van der Waals surface area contributed by atoms with E-state index in [9.17, 15) is 5.11 Å². The second-order valence-corrected chi connectivity index (χ2v) is 6.34. The molecule has 3 N–H and O–H groups in total. The monoisotopic (exact) mass is 280 g/mol. The van der Waals surface area contributed by atoms with E-state index in [0.29, 0.717) is 0 Å². The van der Waals surface area contributed by atoms with Crippen molar-refractivity contribution in [2.75, 3.05) is 25.4 Å². The van der Waals surface area contributed by atoms with E-state index in [0.717, 1.165) is 44.6 Å². The molecule has 1 aromatic carbocycles. The topological polar surface area (TPSA) is 49.5 Å². The van der Waals surface area contributed by atoms with Gasteiger partial charge in [0, 0.05) is 29.8 Å². The number of thioether (sulfide) groups is 1. The maximum absolute atomic E-state index is 9.46. The molecule has 3 nitrogen and oxygen atoms in total. The number of likely N-dealkylation sites (tertiary alicyclic amines) is 1. The van der Waals surface area contributed by atoms with Crippen molar-refractivity contribution in [2.24, 2.45) is 5.73 Å². The van der Waals surface area contributed by atoms with Gasteiger partial charge in [-0.3, -0.25) is 0 Å². The molecule has 1 saturated heterocycles. The molecule has 1 aliphatic rings. The van der Waals surface area contributed by atoms with E-state index in [1.165, 1.54) is 4.90 Å². The van der Waals surface area contributed by atoms with Gasteiger partial charge in [-0.25, -0.2) is 0 Å². The summed E-state index contributed by atoms with van der Waals surface area (Å²) in [6.45, 7) is 3.09. The van der Waals surface area contributed by atoms with Crippen LogP contribution in [0.2, 0.25) is 0 Å². The van der Waals surface area contributed by atoms with E-state index in [2.05, 4.69) is 29.2 Å². The Morgan fingerprint density at radius 2 is 1.95 bits per heavy atom. The van der Waals surface area contributed by atoms with E-state index in [4.69, 9.17) is 5.73 Å². The standard InChI is InChI=1S/C15H24N2OS/c16-13(12-19-15-4-2-1-3-5-15)6-9-17-10-7-14(18)8-11-17/h1-5,13-14,18H,6-12,16H2. The molecule has 0 aliphatic carbocycles. The molecule has 0 spiro atoms. The second-order valence-electron chi connectivity index (χ2n) is 5.25. The Morgan fingerprint density at radius 1 is 1.26 bits per heavy atom. The van der Waals surface area contributed by atoms with Crippen LogP contribution in [-0.2, 0) is 0 Å². The fraction of sp³-hybridized carbons (Fsp3) is 0.600. The zero-order valence-corrected chi connectivity index (χ0v) is 12.2. The predicted octanol–water partition coefficient (Wildman–Crippen LogP) is 1.95. The van der Waals surface area contributed by atoms with Crippen molar-refractivity contribution in [3.05, 3.63) is 30.3 Å². The molecule has 1 atom stereocenters. The fourth-order valence-corrected chi connectivity index (χ4v) is 3.22. The lowest BCUT2D eigenvalue weighted by Gasteiger charge is -2.30. The lowest BCUT2D eigenvalue weighted by molar-refractivity contribution is 0.0815. The minimum atomic E-state index is -0.0847. The molecule has 106 valence electrons. The maximum atomic E-state index is 9.46. The van der Waals surface area contributed by atoms with Crippen molar-refractivity contribution in [3.8, 4) is 0 Å². The lowest BCUT2D eigenvalue weighted by atomic mass is 10.1. The summed E-state index contributed by atoms with van der Waals surface area (Å²) in [5.41, 5.74) is 6.17. The largest absolute Gasteiger partial charge is 0.393 e. The average molecular weight is 280 g/mol. The summed E-state index contributed by atoms with van der Waals surface area (Å²) in [5.74, 6) is 0.973. The molecule has 1 heterocycles. The summed E-state index contributed by atoms with van der Waals surface area (Å²) in [6.07, 6.45) is 2.77. The zero-order valence-electron chi connectivity index (χ0n) is 11.4. The van der Waals surface area contributed by atoms with E-state index < -0.39 is 0 Å². The first-order valence-electron chi connectivity index (χ1n) is 7.08. The number of hydrogen-bond donors (Lipinski definition) is 2. The molecule has 0 amide bonds. The van der Waals surface area contributed by atoms with Gasteiger partial charge in [0.15, 0.2) is 0 Å². The Labute approximate surface area is 120 Å². The highest BCUT2D eigenvalue weighted by Crippen LogP contribution is 2.18. The molecule has 1 aromatic rings. The first-order chi connectivity index (χ1) is 9.24. The van der Waals surface area contributed by atoms with Crippen LogP contribution in [0.5, 0.6) is 0 Å². The maximum Gasteiger partial charge on any atom is 0.0564 e. The Bertz CT molecular complexity index is 352. The van der Waals surface area contributed by atoms with Gasteiger partial charge in [0.05, 0.1) is 6.10 Å². The molecule has 0 aromatic heterocycles. The van der Waals surface area contributed by atoms with E-state index in [1.807, 2.05) is 17.8 Å². The summed E-state index contributed by atoms with van der Waals surface area (Å²) < 4.78 is 0. The predicted molar refractivity (Wildman–Crippen MR) is 81.4 cm³/mol. The molecular formula is C15H24N2OS. The Morgan fingerprint density at radius 3 is 2.63 bits per heavy atom. The van der Waals surface area contributed by atoms with Crippen LogP contribution in [0.15, 0.2) is 35.2 Å². The number of piperidine rings is 1. The number of nitrogens with zero attached hydrogens (tertiary/aromatic N) is 1. The van der Waals surface area contributed by atoms with Crippen molar-refractivity contribution in [3.63, 3.8) is 0 Å². The minimum absolute atomic E-state index is 0.0847. The number of rotatable bonds is 6. The van der Waals surface area contributed by atoms with Crippen molar-refractivity contribution in [1.29, 1.82) is 0 Å². The van der Waals surface area contributed by atoms with Crippen molar-refractivity contribution in [1.82, 2.24) is 4.90 Å². The smallest absolute Gasteiger partial charge is 0.0564 e. The first-order valence-corrected chi connectivity index (χ1v) is 8.06. The third-order valence-electron chi connectivity index (χ3n) is 3.58. The number of nitrogens with two attached hydrogens (primary N) is 1. The van der Waals surface area contributed by atoms with Crippen LogP contribution in [0.3, 0.4) is 0 Å². The Kier molecular flexibility index (Phi) is 6.17. The SMILES string of the molecule is NC(CCN1CCC(O)CC1)CSc1ccccc1. The molecular weight excluding hydrogens is 256 g/mol. The molecule has 1 unspecified atom stereocenters. The van der Waals surface area contributed by atoms with E-state index >= 15 is 0 Å². The highest BCUT2D eigenvalue weighted by Gasteiger charge is 2.17. The first kappa shape index (κ1) is 14.9. The van der Waals surface area contributed by atoms with E-state index in [1.54, 1.807) is 0 Å². The van der Waals surface area contributed by atoms with Crippen LogP contribution in [-0.4, -0.2) is 47.5 Å². The summed E-state index contributed by atoms with van der Waals surface area (Å²) >= 11 is 1.83. The van der Waals surface area contributed by atoms with Crippen LogP contribution in [0.4, 0.5) is 0 Å². The molecule has 1 fully saturated rings. The Hall–Kier alpha value is -0.550. The van der Waals surface area contributed by atoms with Crippen LogP contribution in [0, 0.1) is 0 Å². The van der Waals surface area contributed by atoms with Crippen LogP contribution in [0.25, 0.3) is 0 Å². The van der Waals surface area contributed by atoms with Gasteiger partial charge in [0.25, 0.3) is 0 Å². The fourth-order valence-electron chi connectivity index (χ4n) is 2.29. The summed E-state index contributed by atoms with van der Waals surface area (Å²) in [7, 11) is 0. The normalized spacial score (nSPS) is 19.5. The lowest BCUT2D eigenvalue weighted by Crippen LogP contribution is -2.38. The van der Waals surface area contributed by atoms with E-state index in [-0.39, 0.29) is 12.1 Å². The van der Waals surface area contributed by atoms with Gasteiger partial charge in [-0.05, 0) is 37.9 Å². The van der Waals surface area contributed by atoms with Crippen molar-refractivity contribution < 1.29 is 5.11 Å². The van der Waals surface area contributed by atoms with Crippen LogP contribution < -0.4 is 5.73 Å². The number of aliphatic hydroxyl groups excluding tert-OH is 1. The summed E-state index contributed by atoms with van der Waals surface area (Å²) in [6, 6.07) is 10.7. The van der Waals surface area contributed by atoms with Gasteiger partial charge in [-0.1, -0.05) is 18.2 Å². The van der Waals surface area contributed by atoms with Crippen LogP contribution >= 0.6 is 11.8 Å². The second kappa shape index (κ2) is 7.90. The Balaban J connectivity index is 1.61. The molecule has 1 aliphatic heterocycles. The summed E-state index contributed by atoms with van der Waals surface area (Å²) in [5, 5.41) is 9.46. The zero-order chi connectivity index (χ0) is 13.5. The van der Waals surface area contributed by atoms with Crippen molar-refractivity contribution >= 4 is 11.8 Å². The van der Waals surface area contributed by atoms with Gasteiger partial charge in [0.2, 0.25) is 0 Å². The molecule has 0 radical (unpaired) electrons. The van der Waals surface area contributed by atoms with Crippen LogP contribution in [0.1, 0.15) is 19.3 Å². The molecule has 2 rings (SSSR count). The third kappa shape index (κ3) is 5.53. The molecule has 19 heavy (non-hydrogen) atoms.